The van der Waals surface area contributed by atoms with Gasteiger partial charge in [-0.05, 0) is 79.6 Å². The monoisotopic (exact) mass is 442 g/mol. The number of aliphatic imine (C=N–C) groups is 1. The standard InChI is InChI=1S/C27H27ClN4/c1-18-5-11-25(21-8-6-20(7-9-21)22-4-2-3-19(13-22)15-29)32-26-12-10-24(28)14-23(26)16-30-17-27(32)31-18/h2-4,6,10-14,18,21,30H,5,7-9,16-17H2,1H3. The average molecular weight is 443 g/mol. The van der Waals surface area contributed by atoms with Gasteiger partial charge in [-0.2, -0.15) is 5.26 Å². The molecule has 0 radical (unpaired) electrons. The van der Waals surface area contributed by atoms with Crippen molar-refractivity contribution in [1.82, 2.24) is 5.32 Å². The number of halogens is 1. The second kappa shape index (κ2) is 8.94. The molecule has 0 bridgehead atoms. The van der Waals surface area contributed by atoms with E-state index in [1.54, 1.807) is 0 Å². The molecule has 2 atom stereocenters. The van der Waals surface area contributed by atoms with Crippen molar-refractivity contribution in [1.29, 1.82) is 5.26 Å². The van der Waals surface area contributed by atoms with Crippen molar-refractivity contribution in [3.63, 3.8) is 0 Å². The lowest BCUT2D eigenvalue weighted by Crippen LogP contribution is -2.37. The van der Waals surface area contributed by atoms with E-state index in [-0.39, 0.29) is 6.04 Å². The quantitative estimate of drug-likeness (QED) is 0.613. The lowest BCUT2D eigenvalue weighted by molar-refractivity contribution is 0.551. The van der Waals surface area contributed by atoms with Gasteiger partial charge in [-0.15, -0.1) is 0 Å². The Morgan fingerprint density at radius 3 is 2.84 bits per heavy atom. The molecule has 162 valence electrons. The smallest absolute Gasteiger partial charge is 0.122 e. The van der Waals surface area contributed by atoms with E-state index in [1.165, 1.54) is 28.1 Å². The second-order valence-electron chi connectivity index (χ2n) is 8.86. The van der Waals surface area contributed by atoms with E-state index in [0.29, 0.717) is 5.92 Å². The van der Waals surface area contributed by atoms with Gasteiger partial charge in [-0.1, -0.05) is 35.9 Å². The molecule has 0 amide bonds. The topological polar surface area (TPSA) is 51.4 Å². The molecule has 0 saturated heterocycles. The van der Waals surface area contributed by atoms with Crippen LogP contribution in [0.2, 0.25) is 5.02 Å². The highest BCUT2D eigenvalue weighted by molar-refractivity contribution is 6.30. The Labute approximate surface area is 194 Å². The van der Waals surface area contributed by atoms with E-state index in [9.17, 15) is 5.26 Å². The predicted octanol–water partition coefficient (Wildman–Crippen LogP) is 6.08. The molecule has 3 aliphatic rings. The number of anilines is 1. The zero-order valence-electron chi connectivity index (χ0n) is 18.3. The van der Waals surface area contributed by atoms with Crippen LogP contribution in [-0.4, -0.2) is 18.4 Å². The third kappa shape index (κ3) is 4.11. The van der Waals surface area contributed by atoms with Gasteiger partial charge in [0.25, 0.3) is 0 Å². The fourth-order valence-electron chi connectivity index (χ4n) is 5.02. The molecule has 0 saturated carbocycles. The molecule has 5 heteroatoms. The van der Waals surface area contributed by atoms with Gasteiger partial charge in [-0.3, -0.25) is 4.99 Å². The lowest BCUT2D eigenvalue weighted by atomic mass is 9.83. The fraction of sp³-hybridized carbons (Fsp3) is 0.333. The van der Waals surface area contributed by atoms with E-state index in [2.05, 4.69) is 53.6 Å². The van der Waals surface area contributed by atoms with Crippen LogP contribution in [0, 0.1) is 17.2 Å². The van der Waals surface area contributed by atoms with Crippen molar-refractivity contribution in [3.05, 3.63) is 82.0 Å². The van der Waals surface area contributed by atoms with Gasteiger partial charge in [-0.25, -0.2) is 0 Å². The van der Waals surface area contributed by atoms with E-state index in [0.717, 1.165) is 55.2 Å². The molecule has 4 nitrogen and oxygen atoms in total. The SMILES string of the molecule is CC1CC=C(C2CC=C(c3cccc(C#N)c3)CC2)N2C(=N1)CNCc1cc(Cl)ccc12. The van der Waals surface area contributed by atoms with Crippen LogP contribution in [-0.2, 0) is 6.54 Å². The number of nitrogens with zero attached hydrogens (tertiary/aromatic N) is 3. The lowest BCUT2D eigenvalue weighted by Gasteiger charge is -2.34. The third-order valence-electron chi connectivity index (χ3n) is 6.63. The first-order valence-electron chi connectivity index (χ1n) is 11.4. The van der Waals surface area contributed by atoms with Crippen LogP contribution in [0.15, 0.2) is 65.3 Å². The van der Waals surface area contributed by atoms with Crippen molar-refractivity contribution < 1.29 is 0 Å². The molecule has 2 aromatic carbocycles. The summed E-state index contributed by atoms with van der Waals surface area (Å²) in [6.07, 6.45) is 8.82. The van der Waals surface area contributed by atoms with E-state index in [4.69, 9.17) is 16.6 Å². The van der Waals surface area contributed by atoms with E-state index >= 15 is 0 Å². The van der Waals surface area contributed by atoms with Crippen LogP contribution >= 0.6 is 11.6 Å². The van der Waals surface area contributed by atoms with Crippen LogP contribution in [0.1, 0.15) is 49.3 Å². The molecule has 2 aromatic rings. The van der Waals surface area contributed by atoms with Crippen molar-refractivity contribution in [3.8, 4) is 6.07 Å². The molecule has 2 heterocycles. The average Bonchev–Trinajstić information content (AvgIpc) is 3.08. The normalized spacial score (nSPS) is 22.9. The molecule has 32 heavy (non-hydrogen) atoms. The summed E-state index contributed by atoms with van der Waals surface area (Å²) in [5.41, 5.74) is 7.01. The molecule has 5 rings (SSSR count). The maximum atomic E-state index is 9.24. The molecule has 1 N–H and O–H groups in total. The van der Waals surface area contributed by atoms with Gasteiger partial charge in [0, 0.05) is 23.2 Å². The van der Waals surface area contributed by atoms with Gasteiger partial charge in [0.2, 0.25) is 0 Å². The second-order valence-corrected chi connectivity index (χ2v) is 9.30. The Hall–Kier alpha value is -2.87. The highest BCUT2D eigenvalue weighted by Crippen LogP contribution is 2.40. The Morgan fingerprint density at radius 2 is 2.03 bits per heavy atom. The number of rotatable bonds is 2. The van der Waals surface area contributed by atoms with Crippen molar-refractivity contribution in [2.45, 2.75) is 45.2 Å². The number of fused-ring (bicyclic) bond motifs is 3. The highest BCUT2D eigenvalue weighted by atomic mass is 35.5. The number of allylic oxidation sites excluding steroid dienone is 3. The minimum atomic E-state index is 0.268. The first-order valence-corrected chi connectivity index (χ1v) is 11.8. The van der Waals surface area contributed by atoms with Gasteiger partial charge < -0.3 is 10.2 Å². The number of nitriles is 1. The summed E-state index contributed by atoms with van der Waals surface area (Å²) in [6, 6.07) is 16.7. The van der Waals surface area contributed by atoms with Crippen LogP contribution in [0.25, 0.3) is 5.57 Å². The van der Waals surface area contributed by atoms with Crippen molar-refractivity contribution in [2.75, 3.05) is 11.4 Å². The molecule has 0 fully saturated rings. The Kier molecular flexibility index (Phi) is 5.87. The zero-order valence-corrected chi connectivity index (χ0v) is 19.1. The third-order valence-corrected chi connectivity index (χ3v) is 6.86. The highest BCUT2D eigenvalue weighted by Gasteiger charge is 2.31. The molecule has 2 aliphatic heterocycles. The molecule has 0 aromatic heterocycles. The summed E-state index contributed by atoms with van der Waals surface area (Å²) in [5.74, 6) is 1.54. The van der Waals surface area contributed by atoms with Crippen LogP contribution < -0.4 is 10.2 Å². The minimum Gasteiger partial charge on any atom is -0.306 e. The molecule has 2 unspecified atom stereocenters. The number of hydrogen-bond acceptors (Lipinski definition) is 4. The number of nitrogens with one attached hydrogen (secondary N) is 1. The first kappa shape index (κ1) is 21.0. The summed E-state index contributed by atoms with van der Waals surface area (Å²) < 4.78 is 0. The molecular formula is C27H27ClN4. The van der Waals surface area contributed by atoms with Gasteiger partial charge in [0.1, 0.15) is 5.84 Å². The Morgan fingerprint density at radius 1 is 1.12 bits per heavy atom. The largest absolute Gasteiger partial charge is 0.306 e. The maximum Gasteiger partial charge on any atom is 0.122 e. The first-order chi connectivity index (χ1) is 15.6. The summed E-state index contributed by atoms with van der Waals surface area (Å²) in [5, 5.41) is 13.6. The van der Waals surface area contributed by atoms with Crippen LogP contribution in [0.3, 0.4) is 0 Å². The Bertz CT molecular complexity index is 1170. The number of amidine groups is 1. The Balaban J connectivity index is 1.49. The fourth-order valence-corrected chi connectivity index (χ4v) is 5.22. The summed E-state index contributed by atoms with van der Waals surface area (Å²) >= 11 is 6.32. The van der Waals surface area contributed by atoms with Gasteiger partial charge in [0.05, 0.1) is 29.9 Å². The van der Waals surface area contributed by atoms with E-state index < -0.39 is 0 Å². The number of benzene rings is 2. The van der Waals surface area contributed by atoms with Crippen molar-refractivity contribution >= 4 is 28.7 Å². The van der Waals surface area contributed by atoms with E-state index in [1.807, 2.05) is 24.3 Å². The predicted molar refractivity (Wildman–Crippen MR) is 132 cm³/mol. The van der Waals surface area contributed by atoms with Gasteiger partial charge in [0.15, 0.2) is 0 Å². The van der Waals surface area contributed by atoms with Crippen LogP contribution in [0.4, 0.5) is 5.69 Å². The minimum absolute atomic E-state index is 0.268. The summed E-state index contributed by atoms with van der Waals surface area (Å²) in [4.78, 5) is 7.45. The summed E-state index contributed by atoms with van der Waals surface area (Å²) in [7, 11) is 0. The van der Waals surface area contributed by atoms with Crippen LogP contribution in [0.5, 0.6) is 0 Å². The maximum absolute atomic E-state index is 9.24. The number of hydrogen-bond donors (Lipinski definition) is 1. The zero-order chi connectivity index (χ0) is 22.1. The van der Waals surface area contributed by atoms with Gasteiger partial charge >= 0.3 is 0 Å². The summed E-state index contributed by atoms with van der Waals surface area (Å²) in [6.45, 7) is 3.74. The molecule has 0 spiro atoms. The molecule has 1 aliphatic carbocycles. The molecular weight excluding hydrogens is 416 g/mol. The van der Waals surface area contributed by atoms with Crippen molar-refractivity contribution in [2.24, 2.45) is 10.9 Å².